The maximum Gasteiger partial charge on any atom is 0.416 e. The van der Waals surface area contributed by atoms with Crippen LogP contribution in [0.3, 0.4) is 0 Å². The first-order chi connectivity index (χ1) is 15.7. The summed E-state index contributed by atoms with van der Waals surface area (Å²) in [5.41, 5.74) is -0.158. The van der Waals surface area contributed by atoms with Crippen LogP contribution >= 0.6 is 12.2 Å². The highest BCUT2D eigenvalue weighted by atomic mass is 32.1. The molecule has 0 spiro atoms. The first kappa shape index (κ1) is 24.0. The summed E-state index contributed by atoms with van der Waals surface area (Å²) in [5, 5.41) is 13.3. The zero-order chi connectivity index (χ0) is 24.0. The van der Waals surface area contributed by atoms with E-state index in [1.807, 2.05) is 0 Å². The zero-order valence-electron chi connectivity index (χ0n) is 17.6. The number of halogens is 3. The molecule has 1 aromatic heterocycles. The average molecular weight is 479 g/mol. The maximum atomic E-state index is 12.8. The SMILES string of the molecule is CCOc1cc(/C=N/n2c(C)n[nH]c2=S)ccc1OCC(=O)Nc1cccc(C(F)(F)F)c1. The Bertz CT molecular complexity index is 1220. The molecule has 0 fully saturated rings. The van der Waals surface area contributed by atoms with Gasteiger partial charge in [0.05, 0.1) is 18.4 Å². The lowest BCUT2D eigenvalue weighted by molar-refractivity contribution is -0.137. The Balaban J connectivity index is 1.68. The number of nitrogens with zero attached hydrogens (tertiary/aromatic N) is 3. The molecule has 0 unspecified atom stereocenters. The van der Waals surface area contributed by atoms with Gasteiger partial charge < -0.3 is 14.8 Å². The molecule has 0 saturated carbocycles. The molecule has 0 radical (unpaired) electrons. The smallest absolute Gasteiger partial charge is 0.416 e. The predicted molar refractivity (Wildman–Crippen MR) is 118 cm³/mol. The number of carbonyl (C=O) groups excluding carboxylic acids is 1. The third-order valence-corrected chi connectivity index (χ3v) is 4.50. The molecule has 3 rings (SSSR count). The zero-order valence-corrected chi connectivity index (χ0v) is 18.5. The number of aromatic nitrogens is 3. The van der Waals surface area contributed by atoms with Crippen LogP contribution in [0, 0.1) is 11.7 Å². The summed E-state index contributed by atoms with van der Waals surface area (Å²) in [6.07, 6.45) is -2.94. The number of aromatic amines is 1. The lowest BCUT2D eigenvalue weighted by Gasteiger charge is -2.13. The molecule has 0 aliphatic rings. The van der Waals surface area contributed by atoms with Crippen LogP contribution in [0.4, 0.5) is 18.9 Å². The number of anilines is 1. The van der Waals surface area contributed by atoms with Crippen LogP contribution in [0.25, 0.3) is 0 Å². The van der Waals surface area contributed by atoms with E-state index in [4.69, 9.17) is 21.7 Å². The Kier molecular flexibility index (Phi) is 7.48. The van der Waals surface area contributed by atoms with E-state index in [2.05, 4.69) is 20.6 Å². The molecule has 0 aliphatic heterocycles. The number of H-pyrrole nitrogens is 1. The Morgan fingerprint density at radius 2 is 2.03 bits per heavy atom. The van der Waals surface area contributed by atoms with Crippen molar-refractivity contribution in [1.82, 2.24) is 14.9 Å². The van der Waals surface area contributed by atoms with Gasteiger partial charge in [0.2, 0.25) is 4.77 Å². The van der Waals surface area contributed by atoms with Gasteiger partial charge in [-0.15, -0.1) is 0 Å². The first-order valence-electron chi connectivity index (χ1n) is 9.72. The number of ether oxygens (including phenoxy) is 2. The van der Waals surface area contributed by atoms with Gasteiger partial charge in [-0.05, 0) is 68.0 Å². The number of nitrogens with one attached hydrogen (secondary N) is 2. The molecule has 0 saturated heterocycles. The molecule has 174 valence electrons. The normalized spacial score (nSPS) is 11.5. The van der Waals surface area contributed by atoms with E-state index in [0.717, 1.165) is 12.1 Å². The maximum absolute atomic E-state index is 12.8. The Morgan fingerprint density at radius 1 is 1.24 bits per heavy atom. The van der Waals surface area contributed by atoms with Crippen LogP contribution in [0.5, 0.6) is 11.5 Å². The van der Waals surface area contributed by atoms with Gasteiger partial charge in [-0.25, -0.2) is 0 Å². The molecule has 33 heavy (non-hydrogen) atoms. The van der Waals surface area contributed by atoms with Gasteiger partial charge in [-0.2, -0.15) is 28.0 Å². The van der Waals surface area contributed by atoms with Crippen LogP contribution in [0.15, 0.2) is 47.6 Å². The summed E-state index contributed by atoms with van der Waals surface area (Å²) in [6.45, 7) is 3.46. The molecule has 0 atom stereocenters. The molecule has 0 bridgehead atoms. The number of aryl methyl sites for hydroxylation is 1. The standard InChI is InChI=1S/C21H20F3N5O3S/c1-3-31-18-9-14(11-25-29-13(2)27-28-20(29)33)7-8-17(18)32-12-19(30)26-16-6-4-5-15(10-16)21(22,23)24/h4-11H,3,12H2,1-2H3,(H,26,30)(H,28,33)/b25-11+. The number of carbonyl (C=O) groups is 1. The molecular weight excluding hydrogens is 459 g/mol. The van der Waals surface area contributed by atoms with E-state index in [-0.39, 0.29) is 5.69 Å². The van der Waals surface area contributed by atoms with Crippen molar-refractivity contribution in [3.8, 4) is 11.5 Å². The first-order valence-corrected chi connectivity index (χ1v) is 10.1. The minimum absolute atomic E-state index is 0.0168. The molecule has 12 heteroatoms. The van der Waals surface area contributed by atoms with Gasteiger partial charge in [-0.1, -0.05) is 6.07 Å². The van der Waals surface area contributed by atoms with Gasteiger partial charge in [0.15, 0.2) is 18.1 Å². The molecule has 3 aromatic rings. The van der Waals surface area contributed by atoms with Crippen molar-refractivity contribution in [2.24, 2.45) is 5.10 Å². The number of amides is 1. The topological polar surface area (TPSA) is 93.5 Å². The van der Waals surface area contributed by atoms with E-state index in [1.165, 1.54) is 16.8 Å². The van der Waals surface area contributed by atoms with Crippen molar-refractivity contribution in [2.45, 2.75) is 20.0 Å². The summed E-state index contributed by atoms with van der Waals surface area (Å²) in [7, 11) is 0. The van der Waals surface area contributed by atoms with Gasteiger partial charge in [0.25, 0.3) is 5.91 Å². The van der Waals surface area contributed by atoms with Crippen LogP contribution < -0.4 is 14.8 Å². The second-order valence-corrected chi connectivity index (χ2v) is 7.07. The molecule has 2 aromatic carbocycles. The molecular formula is C21H20F3N5O3S. The van der Waals surface area contributed by atoms with Gasteiger partial charge in [0.1, 0.15) is 5.82 Å². The second kappa shape index (κ2) is 10.3. The van der Waals surface area contributed by atoms with Gasteiger partial charge >= 0.3 is 6.18 Å². The molecule has 1 amide bonds. The Hall–Kier alpha value is -3.67. The summed E-state index contributed by atoms with van der Waals surface area (Å²) < 4.78 is 51.4. The van der Waals surface area contributed by atoms with Crippen LogP contribution in [0.1, 0.15) is 23.9 Å². The van der Waals surface area contributed by atoms with Gasteiger partial charge in [0, 0.05) is 5.69 Å². The van der Waals surface area contributed by atoms with Crippen molar-refractivity contribution in [1.29, 1.82) is 0 Å². The minimum atomic E-state index is -4.50. The van der Waals surface area contributed by atoms with Crippen molar-refractivity contribution in [3.05, 3.63) is 64.2 Å². The second-order valence-electron chi connectivity index (χ2n) is 6.69. The van der Waals surface area contributed by atoms with Crippen LogP contribution in [-0.2, 0) is 11.0 Å². The van der Waals surface area contributed by atoms with Crippen LogP contribution in [0.2, 0.25) is 0 Å². The third kappa shape index (κ3) is 6.42. The van der Waals surface area contributed by atoms with Gasteiger partial charge in [-0.3, -0.25) is 9.89 Å². The van der Waals surface area contributed by atoms with Crippen molar-refractivity contribution in [2.75, 3.05) is 18.5 Å². The fourth-order valence-corrected chi connectivity index (χ4v) is 2.96. The lowest BCUT2D eigenvalue weighted by atomic mass is 10.2. The highest BCUT2D eigenvalue weighted by Crippen LogP contribution is 2.31. The van der Waals surface area contributed by atoms with Crippen molar-refractivity contribution < 1.29 is 27.4 Å². The lowest BCUT2D eigenvalue weighted by Crippen LogP contribution is -2.20. The number of hydrogen-bond acceptors (Lipinski definition) is 6. The largest absolute Gasteiger partial charge is 0.490 e. The number of hydrogen-bond donors (Lipinski definition) is 2. The van der Waals surface area contributed by atoms with Crippen LogP contribution in [-0.4, -0.2) is 40.2 Å². The molecule has 2 N–H and O–H groups in total. The van der Waals surface area contributed by atoms with E-state index >= 15 is 0 Å². The quantitative estimate of drug-likeness (QED) is 0.365. The third-order valence-electron chi connectivity index (χ3n) is 4.23. The van der Waals surface area contributed by atoms with E-state index in [9.17, 15) is 18.0 Å². The fraction of sp³-hybridized carbons (Fsp3) is 0.238. The van der Waals surface area contributed by atoms with E-state index in [1.54, 1.807) is 38.3 Å². The Labute approximate surface area is 192 Å². The number of rotatable bonds is 8. The Morgan fingerprint density at radius 3 is 2.70 bits per heavy atom. The highest BCUT2D eigenvalue weighted by molar-refractivity contribution is 7.71. The minimum Gasteiger partial charge on any atom is -0.490 e. The fourth-order valence-electron chi connectivity index (χ4n) is 2.74. The van der Waals surface area contributed by atoms with E-state index < -0.39 is 24.3 Å². The highest BCUT2D eigenvalue weighted by Gasteiger charge is 2.30. The number of benzene rings is 2. The summed E-state index contributed by atoms with van der Waals surface area (Å²) in [4.78, 5) is 12.2. The molecule has 0 aliphatic carbocycles. The monoisotopic (exact) mass is 479 g/mol. The molecule has 1 heterocycles. The summed E-state index contributed by atoms with van der Waals surface area (Å²) >= 11 is 5.10. The van der Waals surface area contributed by atoms with Crippen molar-refractivity contribution >= 4 is 30.0 Å². The molecule has 8 nitrogen and oxygen atoms in total. The average Bonchev–Trinajstić information content (AvgIpc) is 3.08. The van der Waals surface area contributed by atoms with E-state index in [0.29, 0.717) is 34.3 Å². The summed E-state index contributed by atoms with van der Waals surface area (Å²) in [6, 6.07) is 9.33. The summed E-state index contributed by atoms with van der Waals surface area (Å²) in [5.74, 6) is 0.644. The van der Waals surface area contributed by atoms with Crippen molar-refractivity contribution in [3.63, 3.8) is 0 Å². The number of alkyl halides is 3. The predicted octanol–water partition coefficient (Wildman–Crippen LogP) is 4.57.